The predicted octanol–water partition coefficient (Wildman–Crippen LogP) is 5.20. The number of anilines is 2. The van der Waals surface area contributed by atoms with E-state index in [4.69, 9.17) is 21.1 Å². The Kier molecular flexibility index (Phi) is 6.77. The molecule has 4 rings (SSSR count). The van der Waals surface area contributed by atoms with Crippen LogP contribution in [0.1, 0.15) is 33.6 Å². The molecule has 1 fully saturated rings. The van der Waals surface area contributed by atoms with Gasteiger partial charge in [0.1, 0.15) is 17.6 Å². The fourth-order valence-corrected chi connectivity index (χ4v) is 4.00. The largest absolute Gasteiger partial charge is 0.490 e. The van der Waals surface area contributed by atoms with Crippen LogP contribution in [0.15, 0.2) is 42.6 Å². The molecule has 168 valence electrons. The molecule has 32 heavy (non-hydrogen) atoms. The van der Waals surface area contributed by atoms with Crippen molar-refractivity contribution in [3.63, 3.8) is 0 Å². The molecule has 1 aliphatic heterocycles. The smallest absolute Gasteiger partial charge is 0.308 e. The number of carbonyl (C=O) groups excluding carboxylic acids is 1. The Bertz CT molecular complexity index is 1110. The van der Waals surface area contributed by atoms with Crippen LogP contribution >= 0.6 is 11.6 Å². The summed E-state index contributed by atoms with van der Waals surface area (Å²) < 4.78 is 11.3. The maximum atomic E-state index is 11.1. The number of hydrogen-bond donors (Lipinski definition) is 1. The van der Waals surface area contributed by atoms with Crippen LogP contribution in [0.3, 0.4) is 0 Å². The molecule has 0 saturated carbocycles. The van der Waals surface area contributed by atoms with Gasteiger partial charge in [-0.2, -0.15) is 0 Å². The second-order valence-electron chi connectivity index (χ2n) is 8.23. The Labute approximate surface area is 192 Å². The third-order valence-corrected chi connectivity index (χ3v) is 5.80. The maximum Gasteiger partial charge on any atom is 0.308 e. The summed E-state index contributed by atoms with van der Waals surface area (Å²) in [4.78, 5) is 22.6. The Morgan fingerprint density at radius 3 is 2.66 bits per heavy atom. The lowest BCUT2D eigenvalue weighted by atomic mass is 10.1. The van der Waals surface area contributed by atoms with Crippen molar-refractivity contribution >= 4 is 40.1 Å². The quantitative estimate of drug-likeness (QED) is 0.405. The second-order valence-corrected chi connectivity index (χ2v) is 8.63. The fraction of sp³-hybridized carbons (Fsp3) is 0.375. The van der Waals surface area contributed by atoms with Crippen LogP contribution in [-0.2, 0) is 4.79 Å². The van der Waals surface area contributed by atoms with E-state index in [0.717, 1.165) is 42.6 Å². The van der Waals surface area contributed by atoms with Crippen molar-refractivity contribution in [2.75, 3.05) is 18.4 Å². The Balaban J connectivity index is 1.45. The molecular formula is C24H27ClN4O3. The zero-order valence-electron chi connectivity index (χ0n) is 18.5. The molecule has 1 aliphatic rings. The standard InChI is InChI=1S/C24H27ClN4O3/c1-15(2)29-10-8-19(9-11-29)32-20-6-4-17-14-26-24(28-22(17)13-20)27-18-5-7-23(21(25)12-18)31-16(3)30/h4-7,12-15,19H,8-11H2,1-3H3,(H,26,27,28). The first-order valence-electron chi connectivity index (χ1n) is 10.8. The highest BCUT2D eigenvalue weighted by atomic mass is 35.5. The van der Waals surface area contributed by atoms with E-state index in [1.807, 2.05) is 18.2 Å². The van der Waals surface area contributed by atoms with E-state index in [1.165, 1.54) is 6.92 Å². The van der Waals surface area contributed by atoms with Crippen molar-refractivity contribution in [1.29, 1.82) is 0 Å². The molecule has 0 bridgehead atoms. The number of benzene rings is 2. The van der Waals surface area contributed by atoms with Crippen molar-refractivity contribution in [2.24, 2.45) is 0 Å². The third-order valence-electron chi connectivity index (χ3n) is 5.51. The van der Waals surface area contributed by atoms with Crippen LogP contribution in [0.5, 0.6) is 11.5 Å². The number of esters is 1. The molecule has 0 radical (unpaired) electrons. The molecule has 2 heterocycles. The molecule has 0 atom stereocenters. The van der Waals surface area contributed by atoms with Gasteiger partial charge in [-0.05, 0) is 57.0 Å². The lowest BCUT2D eigenvalue weighted by Crippen LogP contribution is -2.41. The average Bonchev–Trinajstić information content (AvgIpc) is 2.75. The summed E-state index contributed by atoms with van der Waals surface area (Å²) in [5, 5.41) is 4.40. The van der Waals surface area contributed by atoms with Crippen molar-refractivity contribution < 1.29 is 14.3 Å². The minimum atomic E-state index is -0.422. The Morgan fingerprint density at radius 2 is 1.97 bits per heavy atom. The average molecular weight is 455 g/mol. The number of nitrogens with one attached hydrogen (secondary N) is 1. The van der Waals surface area contributed by atoms with Crippen LogP contribution in [0.25, 0.3) is 10.9 Å². The first kappa shape index (κ1) is 22.3. The number of nitrogens with zero attached hydrogens (tertiary/aromatic N) is 3. The molecule has 8 heteroatoms. The van der Waals surface area contributed by atoms with Gasteiger partial charge in [0.15, 0.2) is 0 Å². The number of halogens is 1. The second kappa shape index (κ2) is 9.71. The number of carbonyl (C=O) groups is 1. The van der Waals surface area contributed by atoms with E-state index in [-0.39, 0.29) is 6.10 Å². The van der Waals surface area contributed by atoms with Crippen molar-refractivity contribution in [3.05, 3.63) is 47.6 Å². The lowest BCUT2D eigenvalue weighted by Gasteiger charge is -2.34. The number of likely N-dealkylation sites (tertiary alicyclic amines) is 1. The first-order valence-corrected chi connectivity index (χ1v) is 11.2. The molecule has 7 nitrogen and oxygen atoms in total. The summed E-state index contributed by atoms with van der Waals surface area (Å²) in [6.45, 7) is 7.92. The molecule has 0 spiro atoms. The first-order chi connectivity index (χ1) is 15.4. The molecule has 0 aliphatic carbocycles. The molecule has 3 aromatic rings. The van der Waals surface area contributed by atoms with Gasteiger partial charge in [0.05, 0.1) is 10.5 Å². The van der Waals surface area contributed by atoms with Crippen LogP contribution in [0, 0.1) is 0 Å². The summed E-state index contributed by atoms with van der Waals surface area (Å²) in [7, 11) is 0. The highest BCUT2D eigenvalue weighted by Gasteiger charge is 2.22. The van der Waals surface area contributed by atoms with Gasteiger partial charge in [-0.15, -0.1) is 0 Å². The number of hydrogen-bond acceptors (Lipinski definition) is 7. The van der Waals surface area contributed by atoms with Crippen LogP contribution in [-0.4, -0.2) is 46.1 Å². The lowest BCUT2D eigenvalue weighted by molar-refractivity contribution is -0.131. The minimum absolute atomic E-state index is 0.222. The van der Waals surface area contributed by atoms with E-state index in [0.29, 0.717) is 28.4 Å². The highest BCUT2D eigenvalue weighted by molar-refractivity contribution is 6.32. The number of rotatable bonds is 6. The number of piperidine rings is 1. The molecule has 1 aromatic heterocycles. The van der Waals surface area contributed by atoms with Gasteiger partial charge in [-0.3, -0.25) is 4.79 Å². The van der Waals surface area contributed by atoms with Gasteiger partial charge in [0.2, 0.25) is 5.95 Å². The summed E-state index contributed by atoms with van der Waals surface area (Å²) >= 11 is 6.20. The number of aromatic nitrogens is 2. The summed E-state index contributed by atoms with van der Waals surface area (Å²) in [6.07, 6.45) is 4.04. The normalized spacial score (nSPS) is 15.2. The van der Waals surface area contributed by atoms with E-state index >= 15 is 0 Å². The zero-order chi connectivity index (χ0) is 22.7. The van der Waals surface area contributed by atoms with E-state index in [2.05, 4.69) is 34.0 Å². The van der Waals surface area contributed by atoms with E-state index < -0.39 is 5.97 Å². The van der Waals surface area contributed by atoms with Gasteiger partial charge in [-0.1, -0.05) is 11.6 Å². The molecule has 2 aromatic carbocycles. The van der Waals surface area contributed by atoms with Crippen LogP contribution < -0.4 is 14.8 Å². The highest BCUT2D eigenvalue weighted by Crippen LogP contribution is 2.29. The van der Waals surface area contributed by atoms with Gasteiger partial charge >= 0.3 is 5.97 Å². The van der Waals surface area contributed by atoms with Gasteiger partial charge in [0, 0.05) is 49.4 Å². The maximum absolute atomic E-state index is 11.1. The Morgan fingerprint density at radius 1 is 1.19 bits per heavy atom. The predicted molar refractivity (Wildman–Crippen MR) is 126 cm³/mol. The van der Waals surface area contributed by atoms with Crippen molar-refractivity contribution in [2.45, 2.75) is 45.8 Å². The van der Waals surface area contributed by atoms with Gasteiger partial charge in [0.25, 0.3) is 0 Å². The SMILES string of the molecule is CC(=O)Oc1ccc(Nc2ncc3ccc(OC4CCN(C(C)C)CC4)cc3n2)cc1Cl. The molecule has 0 unspecified atom stereocenters. The number of fused-ring (bicyclic) bond motifs is 1. The molecule has 0 amide bonds. The molecular weight excluding hydrogens is 428 g/mol. The third kappa shape index (κ3) is 5.47. The van der Waals surface area contributed by atoms with Gasteiger partial charge in [-0.25, -0.2) is 9.97 Å². The van der Waals surface area contributed by atoms with Crippen molar-refractivity contribution in [1.82, 2.24) is 14.9 Å². The van der Waals surface area contributed by atoms with E-state index in [1.54, 1.807) is 24.4 Å². The van der Waals surface area contributed by atoms with Crippen molar-refractivity contribution in [3.8, 4) is 11.5 Å². The summed E-state index contributed by atoms with van der Waals surface area (Å²) in [5.41, 5.74) is 1.48. The van der Waals surface area contributed by atoms with E-state index in [9.17, 15) is 4.79 Å². The monoisotopic (exact) mass is 454 g/mol. The summed E-state index contributed by atoms with van der Waals surface area (Å²) in [5.74, 6) is 1.15. The molecule has 1 saturated heterocycles. The van der Waals surface area contributed by atoms with Crippen LogP contribution in [0.4, 0.5) is 11.6 Å². The fourth-order valence-electron chi connectivity index (χ4n) is 3.78. The van der Waals surface area contributed by atoms with Crippen LogP contribution in [0.2, 0.25) is 5.02 Å². The van der Waals surface area contributed by atoms with Gasteiger partial charge < -0.3 is 19.7 Å². The number of ether oxygens (including phenoxy) is 2. The molecule has 1 N–H and O–H groups in total. The zero-order valence-corrected chi connectivity index (χ0v) is 19.2. The topological polar surface area (TPSA) is 76.6 Å². The minimum Gasteiger partial charge on any atom is -0.490 e. The summed E-state index contributed by atoms with van der Waals surface area (Å²) in [6, 6.07) is 11.5. The Hall–Kier alpha value is -2.90.